The van der Waals surface area contributed by atoms with Crippen LogP contribution in [-0.4, -0.2) is 36.5 Å². The maximum Gasteiger partial charge on any atom is 0.128 e. The number of hydrogen-bond acceptors (Lipinski definition) is 2. The topological polar surface area (TPSA) is 38.8 Å². The number of benzene rings is 2. The van der Waals surface area contributed by atoms with E-state index in [1.165, 1.54) is 11.0 Å². The Morgan fingerprint density at radius 2 is 1.89 bits per heavy atom. The number of aliphatic hydroxyl groups excluding tert-OH is 1. The van der Waals surface area contributed by atoms with Gasteiger partial charge in [-0.1, -0.05) is 42.5 Å². The lowest BCUT2D eigenvalue weighted by molar-refractivity contribution is -0.918. The first-order chi connectivity index (χ1) is 13.7. The number of ether oxygens (including phenoxy) is 1. The van der Waals surface area contributed by atoms with Crippen LogP contribution >= 0.6 is 0 Å². The van der Waals surface area contributed by atoms with Crippen molar-refractivity contribution >= 4 is 0 Å². The summed E-state index contributed by atoms with van der Waals surface area (Å²) in [7, 11) is 1.69. The summed E-state index contributed by atoms with van der Waals surface area (Å²) in [5, 5.41) is 10.6. The highest BCUT2D eigenvalue weighted by Gasteiger charge is 2.18. The van der Waals surface area contributed by atoms with E-state index in [2.05, 4.69) is 10.6 Å². The van der Waals surface area contributed by atoms with Crippen molar-refractivity contribution in [3.8, 4) is 0 Å². The maximum atomic E-state index is 13.5. The van der Waals surface area contributed by atoms with E-state index in [0.717, 1.165) is 29.9 Å². The first-order valence-electron chi connectivity index (χ1n) is 9.59. The smallest absolute Gasteiger partial charge is 0.128 e. The van der Waals surface area contributed by atoms with Gasteiger partial charge in [0.25, 0.3) is 0 Å². The molecule has 3 rings (SSSR count). The summed E-state index contributed by atoms with van der Waals surface area (Å²) in [6.07, 6.45) is 1.49. The summed E-state index contributed by atoms with van der Waals surface area (Å²) in [6, 6.07) is 20.5. The molecular formula is C23H28FN2O2+. The molecule has 0 radical (unpaired) electrons. The summed E-state index contributed by atoms with van der Waals surface area (Å²) < 4.78 is 20.9. The number of methoxy groups -OCH3 is 1. The monoisotopic (exact) mass is 383 g/mol. The second-order valence-corrected chi connectivity index (χ2v) is 7.06. The quantitative estimate of drug-likeness (QED) is 0.564. The Hall–Kier alpha value is -2.47. The summed E-state index contributed by atoms with van der Waals surface area (Å²) in [5.74, 6) is -0.218. The molecule has 0 bridgehead atoms. The van der Waals surface area contributed by atoms with Crippen LogP contribution in [0.5, 0.6) is 0 Å². The molecule has 0 spiro atoms. The number of rotatable bonds is 10. The molecule has 5 heteroatoms. The average molecular weight is 383 g/mol. The average Bonchev–Trinajstić information content (AvgIpc) is 3.13. The van der Waals surface area contributed by atoms with Gasteiger partial charge in [0.2, 0.25) is 0 Å². The van der Waals surface area contributed by atoms with Crippen molar-refractivity contribution < 1.29 is 19.1 Å². The summed E-state index contributed by atoms with van der Waals surface area (Å²) in [5.41, 5.74) is 3.00. The first-order valence-corrected chi connectivity index (χ1v) is 9.59. The zero-order chi connectivity index (χ0) is 19.8. The van der Waals surface area contributed by atoms with Gasteiger partial charge in [0.15, 0.2) is 0 Å². The Morgan fingerprint density at radius 1 is 1.07 bits per heavy atom. The van der Waals surface area contributed by atoms with E-state index in [4.69, 9.17) is 4.74 Å². The van der Waals surface area contributed by atoms with Crippen LogP contribution in [0.25, 0.3) is 0 Å². The van der Waals surface area contributed by atoms with Crippen molar-refractivity contribution in [2.45, 2.75) is 19.2 Å². The van der Waals surface area contributed by atoms with Crippen molar-refractivity contribution in [3.05, 3.63) is 95.6 Å². The molecule has 0 amide bonds. The van der Waals surface area contributed by atoms with Crippen LogP contribution in [0.15, 0.2) is 72.9 Å². The van der Waals surface area contributed by atoms with E-state index in [1.807, 2.05) is 48.7 Å². The Labute approximate surface area is 165 Å². The minimum atomic E-state index is -0.528. The van der Waals surface area contributed by atoms with Gasteiger partial charge in [-0.25, -0.2) is 4.39 Å². The second-order valence-electron chi connectivity index (χ2n) is 7.06. The van der Waals surface area contributed by atoms with Crippen molar-refractivity contribution in [2.24, 2.45) is 0 Å². The van der Waals surface area contributed by atoms with Crippen LogP contribution in [0.1, 0.15) is 22.9 Å². The maximum absolute atomic E-state index is 13.5. The first kappa shape index (κ1) is 20.3. The summed E-state index contributed by atoms with van der Waals surface area (Å²) >= 11 is 0. The van der Waals surface area contributed by atoms with E-state index in [1.54, 1.807) is 19.2 Å². The van der Waals surface area contributed by atoms with Crippen molar-refractivity contribution in [1.82, 2.24) is 4.57 Å². The lowest BCUT2D eigenvalue weighted by atomic mass is 10.1. The number of aliphatic hydroxyl groups is 1. The molecule has 0 aliphatic rings. The van der Waals surface area contributed by atoms with Crippen LogP contribution in [0.2, 0.25) is 0 Å². The minimum Gasteiger partial charge on any atom is -0.382 e. The van der Waals surface area contributed by atoms with Gasteiger partial charge in [0, 0.05) is 19.9 Å². The molecule has 2 aromatic carbocycles. The molecule has 4 nitrogen and oxygen atoms in total. The predicted molar refractivity (Wildman–Crippen MR) is 108 cm³/mol. The largest absolute Gasteiger partial charge is 0.382 e. The normalized spacial score (nSPS) is 13.4. The van der Waals surface area contributed by atoms with Crippen molar-refractivity contribution in [2.75, 3.05) is 26.8 Å². The molecule has 0 aliphatic heterocycles. The Bertz CT molecular complexity index is 851. The van der Waals surface area contributed by atoms with Gasteiger partial charge in [-0.2, -0.15) is 0 Å². The third-order valence-electron chi connectivity index (χ3n) is 4.92. The summed E-state index contributed by atoms with van der Waals surface area (Å²) in [4.78, 5) is 1.23. The molecule has 2 atom stereocenters. The molecule has 0 aliphatic carbocycles. The minimum absolute atomic E-state index is 0.218. The van der Waals surface area contributed by atoms with Gasteiger partial charge in [0.05, 0.1) is 12.3 Å². The number of halogens is 1. The molecule has 28 heavy (non-hydrogen) atoms. The fourth-order valence-corrected chi connectivity index (χ4v) is 3.43. The second kappa shape index (κ2) is 10.2. The standard InChI is InChI=1S/C23H27FN2O2/c1-28-14-13-25(18-23(27)20-8-3-2-4-9-20)17-22-11-6-12-26(22)16-19-7-5-10-21(24)15-19/h2-12,15,23,27H,13-14,16-18H2,1H3/p+1/t23-/m1/s1. The van der Waals surface area contributed by atoms with E-state index in [-0.39, 0.29) is 5.82 Å². The Kier molecular flexibility index (Phi) is 7.37. The molecule has 0 saturated heterocycles. The van der Waals surface area contributed by atoms with Crippen LogP contribution < -0.4 is 4.90 Å². The van der Waals surface area contributed by atoms with Crippen LogP contribution in [-0.2, 0) is 17.8 Å². The molecule has 2 N–H and O–H groups in total. The zero-order valence-corrected chi connectivity index (χ0v) is 16.2. The van der Waals surface area contributed by atoms with Gasteiger partial charge < -0.3 is 19.3 Å². The van der Waals surface area contributed by atoms with E-state index in [0.29, 0.717) is 19.7 Å². The lowest BCUT2D eigenvalue weighted by Gasteiger charge is -2.23. The third kappa shape index (κ3) is 5.76. The highest BCUT2D eigenvalue weighted by Crippen LogP contribution is 2.11. The molecular weight excluding hydrogens is 355 g/mol. The van der Waals surface area contributed by atoms with Crippen molar-refractivity contribution in [3.63, 3.8) is 0 Å². The van der Waals surface area contributed by atoms with Crippen LogP contribution in [0.3, 0.4) is 0 Å². The van der Waals surface area contributed by atoms with Gasteiger partial charge >= 0.3 is 0 Å². The predicted octanol–water partition coefficient (Wildman–Crippen LogP) is 2.44. The van der Waals surface area contributed by atoms with Gasteiger partial charge in [-0.3, -0.25) is 0 Å². The molecule has 1 aromatic heterocycles. The molecule has 0 saturated carbocycles. The summed E-state index contributed by atoms with van der Waals surface area (Å²) in [6.45, 7) is 3.40. The molecule has 0 fully saturated rings. The van der Waals surface area contributed by atoms with E-state index in [9.17, 15) is 9.50 Å². The number of hydrogen-bond donors (Lipinski definition) is 2. The fraction of sp³-hybridized carbons (Fsp3) is 0.304. The fourth-order valence-electron chi connectivity index (χ4n) is 3.43. The van der Waals surface area contributed by atoms with E-state index >= 15 is 0 Å². The Balaban J connectivity index is 1.70. The molecule has 1 heterocycles. The highest BCUT2D eigenvalue weighted by molar-refractivity contribution is 5.19. The van der Waals surface area contributed by atoms with Crippen LogP contribution in [0.4, 0.5) is 4.39 Å². The lowest BCUT2D eigenvalue weighted by Crippen LogP contribution is -3.11. The van der Waals surface area contributed by atoms with Gasteiger partial charge in [-0.15, -0.1) is 0 Å². The number of quaternary nitrogens is 1. The molecule has 148 valence electrons. The molecule has 3 aromatic rings. The van der Waals surface area contributed by atoms with Crippen LogP contribution in [0, 0.1) is 5.82 Å². The Morgan fingerprint density at radius 3 is 2.64 bits per heavy atom. The highest BCUT2D eigenvalue weighted by atomic mass is 19.1. The van der Waals surface area contributed by atoms with Gasteiger partial charge in [-0.05, 0) is 35.4 Å². The zero-order valence-electron chi connectivity index (χ0n) is 16.2. The number of nitrogens with zero attached hydrogens (tertiary/aromatic N) is 1. The molecule has 1 unspecified atom stereocenters. The third-order valence-corrected chi connectivity index (χ3v) is 4.92. The van der Waals surface area contributed by atoms with Crippen molar-refractivity contribution in [1.29, 1.82) is 0 Å². The van der Waals surface area contributed by atoms with E-state index < -0.39 is 6.10 Å². The number of aromatic nitrogens is 1. The number of nitrogens with one attached hydrogen (secondary N) is 1. The SMILES string of the molecule is COCC[NH+](Cc1cccn1Cc1cccc(F)c1)C[C@@H](O)c1ccccc1. The van der Waals surface area contributed by atoms with Gasteiger partial charge in [0.1, 0.15) is 31.6 Å².